The lowest BCUT2D eigenvalue weighted by atomic mass is 10.1. The third-order valence-corrected chi connectivity index (χ3v) is 3.30. The molecule has 3 heteroatoms. The van der Waals surface area contributed by atoms with Crippen molar-refractivity contribution in [3.05, 3.63) is 59.7 Å². The van der Waals surface area contributed by atoms with E-state index in [-0.39, 0.29) is 0 Å². The first-order chi connectivity index (χ1) is 10.3. The van der Waals surface area contributed by atoms with E-state index in [0.29, 0.717) is 6.61 Å². The van der Waals surface area contributed by atoms with Crippen molar-refractivity contribution in [2.24, 2.45) is 0 Å². The Hall–Kier alpha value is -2.00. The summed E-state index contributed by atoms with van der Waals surface area (Å²) in [6.07, 6.45) is 0.954. The van der Waals surface area contributed by atoms with Crippen LogP contribution < -0.4 is 14.8 Å². The van der Waals surface area contributed by atoms with Crippen LogP contribution in [0.1, 0.15) is 18.1 Å². The average Bonchev–Trinajstić information content (AvgIpc) is 2.53. The minimum absolute atomic E-state index is 0.699. The molecule has 0 saturated heterocycles. The van der Waals surface area contributed by atoms with Crippen molar-refractivity contribution in [2.45, 2.75) is 19.9 Å². The van der Waals surface area contributed by atoms with Crippen molar-refractivity contribution in [1.29, 1.82) is 0 Å². The van der Waals surface area contributed by atoms with Gasteiger partial charge in [0.2, 0.25) is 0 Å². The Kier molecular flexibility index (Phi) is 6.10. The van der Waals surface area contributed by atoms with E-state index in [1.54, 1.807) is 7.11 Å². The van der Waals surface area contributed by atoms with Gasteiger partial charge in [-0.2, -0.15) is 0 Å². The van der Waals surface area contributed by atoms with Crippen LogP contribution in [0.3, 0.4) is 0 Å². The Bertz CT molecular complexity index is 554. The SMILES string of the molecule is CCOc1cccc(CNCCc2ccccc2OC)c1. The molecule has 0 heterocycles. The molecular weight excluding hydrogens is 262 g/mol. The van der Waals surface area contributed by atoms with Gasteiger partial charge in [-0.15, -0.1) is 0 Å². The van der Waals surface area contributed by atoms with Crippen LogP contribution in [0.15, 0.2) is 48.5 Å². The zero-order valence-electron chi connectivity index (χ0n) is 12.8. The number of methoxy groups -OCH3 is 1. The van der Waals surface area contributed by atoms with Crippen LogP contribution in [-0.2, 0) is 13.0 Å². The van der Waals surface area contributed by atoms with Crippen molar-refractivity contribution >= 4 is 0 Å². The number of hydrogen-bond acceptors (Lipinski definition) is 3. The number of para-hydroxylation sites is 1. The molecule has 0 saturated carbocycles. The summed E-state index contributed by atoms with van der Waals surface area (Å²) < 4.78 is 10.9. The van der Waals surface area contributed by atoms with Gasteiger partial charge in [-0.1, -0.05) is 30.3 Å². The number of benzene rings is 2. The maximum absolute atomic E-state index is 5.51. The van der Waals surface area contributed by atoms with Gasteiger partial charge in [0, 0.05) is 6.54 Å². The summed E-state index contributed by atoms with van der Waals surface area (Å²) in [5.74, 6) is 1.89. The standard InChI is InChI=1S/C18H23NO2/c1-3-21-17-9-6-7-15(13-17)14-19-12-11-16-8-4-5-10-18(16)20-2/h4-10,13,19H,3,11-12,14H2,1-2H3. The monoisotopic (exact) mass is 285 g/mol. The lowest BCUT2D eigenvalue weighted by Gasteiger charge is -2.10. The van der Waals surface area contributed by atoms with E-state index in [4.69, 9.17) is 9.47 Å². The van der Waals surface area contributed by atoms with Gasteiger partial charge in [0.25, 0.3) is 0 Å². The summed E-state index contributed by atoms with van der Waals surface area (Å²) in [6, 6.07) is 16.4. The maximum Gasteiger partial charge on any atom is 0.122 e. The molecule has 2 aromatic rings. The molecular formula is C18H23NO2. The molecule has 0 unspecified atom stereocenters. The summed E-state index contributed by atoms with van der Waals surface area (Å²) >= 11 is 0. The summed E-state index contributed by atoms with van der Waals surface area (Å²) in [4.78, 5) is 0. The second-order valence-corrected chi connectivity index (χ2v) is 4.82. The zero-order chi connectivity index (χ0) is 14.9. The van der Waals surface area contributed by atoms with Crippen molar-refractivity contribution in [3.63, 3.8) is 0 Å². The molecule has 0 radical (unpaired) electrons. The largest absolute Gasteiger partial charge is 0.496 e. The molecule has 0 atom stereocenters. The van der Waals surface area contributed by atoms with Gasteiger partial charge in [-0.3, -0.25) is 0 Å². The number of hydrogen-bond donors (Lipinski definition) is 1. The fourth-order valence-corrected chi connectivity index (χ4v) is 2.28. The van der Waals surface area contributed by atoms with Crippen LogP contribution in [0.25, 0.3) is 0 Å². The highest BCUT2D eigenvalue weighted by Crippen LogP contribution is 2.17. The minimum Gasteiger partial charge on any atom is -0.496 e. The third kappa shape index (κ3) is 4.80. The number of ether oxygens (including phenoxy) is 2. The zero-order valence-corrected chi connectivity index (χ0v) is 12.8. The average molecular weight is 285 g/mol. The second kappa shape index (κ2) is 8.32. The summed E-state index contributed by atoms with van der Waals surface area (Å²) in [5.41, 5.74) is 2.47. The molecule has 2 aromatic carbocycles. The Morgan fingerprint density at radius 1 is 1.05 bits per heavy atom. The molecule has 0 spiro atoms. The maximum atomic E-state index is 5.51. The van der Waals surface area contributed by atoms with Gasteiger partial charge in [0.15, 0.2) is 0 Å². The van der Waals surface area contributed by atoms with Crippen LogP contribution in [0.4, 0.5) is 0 Å². The minimum atomic E-state index is 0.699. The fourth-order valence-electron chi connectivity index (χ4n) is 2.28. The van der Waals surface area contributed by atoms with Crippen molar-refractivity contribution < 1.29 is 9.47 Å². The lowest BCUT2D eigenvalue weighted by molar-refractivity contribution is 0.340. The summed E-state index contributed by atoms with van der Waals surface area (Å²) in [5, 5.41) is 3.46. The molecule has 0 bridgehead atoms. The normalized spacial score (nSPS) is 10.4. The predicted molar refractivity (Wildman–Crippen MR) is 86.0 cm³/mol. The number of rotatable bonds is 8. The van der Waals surface area contributed by atoms with Crippen LogP contribution >= 0.6 is 0 Å². The summed E-state index contributed by atoms with van der Waals surface area (Å²) in [7, 11) is 1.71. The van der Waals surface area contributed by atoms with Crippen LogP contribution in [0.2, 0.25) is 0 Å². The van der Waals surface area contributed by atoms with E-state index in [2.05, 4.69) is 23.5 Å². The van der Waals surface area contributed by atoms with E-state index in [1.807, 2.05) is 37.3 Å². The van der Waals surface area contributed by atoms with Crippen LogP contribution in [-0.4, -0.2) is 20.3 Å². The molecule has 2 rings (SSSR count). The first kappa shape index (κ1) is 15.4. The molecule has 0 aliphatic heterocycles. The van der Waals surface area contributed by atoms with E-state index in [0.717, 1.165) is 31.0 Å². The first-order valence-electron chi connectivity index (χ1n) is 7.38. The van der Waals surface area contributed by atoms with E-state index in [1.165, 1.54) is 11.1 Å². The van der Waals surface area contributed by atoms with Gasteiger partial charge >= 0.3 is 0 Å². The van der Waals surface area contributed by atoms with Crippen molar-refractivity contribution in [1.82, 2.24) is 5.32 Å². The van der Waals surface area contributed by atoms with Crippen molar-refractivity contribution in [2.75, 3.05) is 20.3 Å². The Morgan fingerprint density at radius 3 is 2.71 bits per heavy atom. The molecule has 21 heavy (non-hydrogen) atoms. The van der Waals surface area contributed by atoms with Crippen LogP contribution in [0, 0.1) is 0 Å². The molecule has 0 aliphatic rings. The molecule has 0 aromatic heterocycles. The predicted octanol–water partition coefficient (Wildman–Crippen LogP) is 3.43. The smallest absolute Gasteiger partial charge is 0.122 e. The van der Waals surface area contributed by atoms with Crippen LogP contribution in [0.5, 0.6) is 11.5 Å². The number of nitrogens with one attached hydrogen (secondary N) is 1. The van der Waals surface area contributed by atoms with Gasteiger partial charge in [0.1, 0.15) is 11.5 Å². The topological polar surface area (TPSA) is 30.5 Å². The third-order valence-electron chi connectivity index (χ3n) is 3.30. The van der Waals surface area contributed by atoms with Gasteiger partial charge in [-0.25, -0.2) is 0 Å². The second-order valence-electron chi connectivity index (χ2n) is 4.82. The molecule has 0 aliphatic carbocycles. The Labute approximate surface area is 126 Å². The highest BCUT2D eigenvalue weighted by molar-refractivity contribution is 5.33. The lowest BCUT2D eigenvalue weighted by Crippen LogP contribution is -2.17. The van der Waals surface area contributed by atoms with Gasteiger partial charge in [-0.05, 0) is 49.2 Å². The fraction of sp³-hybridized carbons (Fsp3) is 0.333. The van der Waals surface area contributed by atoms with Gasteiger partial charge < -0.3 is 14.8 Å². The first-order valence-corrected chi connectivity index (χ1v) is 7.38. The molecule has 112 valence electrons. The molecule has 0 amide bonds. The molecule has 3 nitrogen and oxygen atoms in total. The van der Waals surface area contributed by atoms with E-state index >= 15 is 0 Å². The highest BCUT2D eigenvalue weighted by Gasteiger charge is 2.01. The van der Waals surface area contributed by atoms with E-state index in [9.17, 15) is 0 Å². The Balaban J connectivity index is 1.80. The van der Waals surface area contributed by atoms with E-state index < -0.39 is 0 Å². The Morgan fingerprint density at radius 2 is 1.90 bits per heavy atom. The summed E-state index contributed by atoms with van der Waals surface area (Å²) in [6.45, 7) is 4.46. The highest BCUT2D eigenvalue weighted by atomic mass is 16.5. The van der Waals surface area contributed by atoms with Gasteiger partial charge in [0.05, 0.1) is 13.7 Å². The quantitative estimate of drug-likeness (QED) is 0.754. The van der Waals surface area contributed by atoms with Crippen molar-refractivity contribution in [3.8, 4) is 11.5 Å². The molecule has 1 N–H and O–H groups in total. The molecule has 0 fully saturated rings.